The number of nitrogens with zero attached hydrogens (tertiary/aromatic N) is 3. The lowest BCUT2D eigenvalue weighted by Crippen LogP contribution is -2.49. The van der Waals surface area contributed by atoms with Gasteiger partial charge in [-0.05, 0) is 41.9 Å². The zero-order chi connectivity index (χ0) is 18.7. The molecule has 0 bridgehead atoms. The van der Waals surface area contributed by atoms with Crippen molar-refractivity contribution in [3.63, 3.8) is 0 Å². The second-order valence-electron chi connectivity index (χ2n) is 8.62. The highest BCUT2D eigenvalue weighted by atomic mass is 32.2. The Kier molecular flexibility index (Phi) is 5.90. The van der Waals surface area contributed by atoms with Crippen molar-refractivity contribution >= 4 is 23.6 Å². The lowest BCUT2D eigenvalue weighted by Gasteiger charge is -2.29. The van der Waals surface area contributed by atoms with Gasteiger partial charge in [0.25, 0.3) is 0 Å². The zero-order valence-corrected chi connectivity index (χ0v) is 16.8. The first-order valence-corrected chi connectivity index (χ1v) is 10.5. The Bertz CT molecular complexity index is 644. The molecule has 0 saturated carbocycles. The van der Waals surface area contributed by atoms with Gasteiger partial charge in [0.1, 0.15) is 6.04 Å². The number of hydrogen-bond donors (Lipinski definition) is 0. The highest BCUT2D eigenvalue weighted by Crippen LogP contribution is 2.29. The molecule has 3 rings (SSSR count). The van der Waals surface area contributed by atoms with E-state index in [4.69, 9.17) is 0 Å². The molecule has 2 aliphatic rings. The summed E-state index contributed by atoms with van der Waals surface area (Å²) in [6.45, 7) is 7.79. The predicted molar refractivity (Wildman–Crippen MR) is 105 cm³/mol. The topological polar surface area (TPSA) is 53.5 Å². The Morgan fingerprint density at radius 2 is 2.00 bits per heavy atom. The average molecular weight is 376 g/mol. The van der Waals surface area contributed by atoms with E-state index in [1.54, 1.807) is 16.7 Å². The fraction of sp³-hybridized carbons (Fsp3) is 0.650. The number of pyridine rings is 1. The van der Waals surface area contributed by atoms with Gasteiger partial charge in [-0.15, -0.1) is 11.8 Å². The second kappa shape index (κ2) is 7.99. The lowest BCUT2D eigenvalue weighted by atomic mass is 9.91. The molecule has 26 heavy (non-hydrogen) atoms. The van der Waals surface area contributed by atoms with Crippen LogP contribution in [0.25, 0.3) is 0 Å². The molecular formula is C20H29N3O2S. The van der Waals surface area contributed by atoms with Crippen molar-refractivity contribution in [1.29, 1.82) is 0 Å². The van der Waals surface area contributed by atoms with Gasteiger partial charge in [0.2, 0.25) is 11.8 Å². The maximum atomic E-state index is 13.0. The van der Waals surface area contributed by atoms with Crippen molar-refractivity contribution in [2.75, 3.05) is 24.7 Å². The van der Waals surface area contributed by atoms with Gasteiger partial charge >= 0.3 is 0 Å². The van der Waals surface area contributed by atoms with Crippen LogP contribution in [-0.4, -0.2) is 57.4 Å². The third-order valence-corrected chi connectivity index (χ3v) is 6.05. The minimum Gasteiger partial charge on any atom is -0.341 e. The lowest BCUT2D eigenvalue weighted by molar-refractivity contribution is -0.143. The van der Waals surface area contributed by atoms with E-state index >= 15 is 0 Å². The molecule has 2 amide bonds. The van der Waals surface area contributed by atoms with E-state index < -0.39 is 0 Å². The Hall–Kier alpha value is -1.56. The summed E-state index contributed by atoms with van der Waals surface area (Å²) in [4.78, 5) is 33.5. The van der Waals surface area contributed by atoms with Gasteiger partial charge < -0.3 is 9.80 Å². The summed E-state index contributed by atoms with van der Waals surface area (Å²) in [5.41, 5.74) is 1.22. The second-order valence-corrected chi connectivity index (χ2v) is 9.61. The molecule has 2 aliphatic heterocycles. The summed E-state index contributed by atoms with van der Waals surface area (Å²) < 4.78 is 0. The van der Waals surface area contributed by atoms with Crippen LogP contribution in [0, 0.1) is 11.3 Å². The number of aromatic nitrogens is 1. The van der Waals surface area contributed by atoms with E-state index in [1.165, 1.54) is 5.56 Å². The molecule has 142 valence electrons. The molecule has 1 aromatic heterocycles. The van der Waals surface area contributed by atoms with E-state index in [-0.39, 0.29) is 23.3 Å². The summed E-state index contributed by atoms with van der Waals surface area (Å²) in [5, 5.41) is 0. The number of likely N-dealkylation sites (tertiary alicyclic amines) is 1. The van der Waals surface area contributed by atoms with E-state index in [0.717, 1.165) is 31.7 Å². The van der Waals surface area contributed by atoms with E-state index in [0.29, 0.717) is 18.2 Å². The molecular weight excluding hydrogens is 346 g/mol. The summed E-state index contributed by atoms with van der Waals surface area (Å²) >= 11 is 1.69. The third kappa shape index (κ3) is 4.78. The van der Waals surface area contributed by atoms with Gasteiger partial charge in [-0.25, -0.2) is 0 Å². The SMILES string of the molecule is CC(C)(C)CC(=O)N1CSC[C@H]1C(=O)N1CC[C@@H](Cc2ccncc2)C1. The molecule has 0 aliphatic carbocycles. The van der Waals surface area contributed by atoms with Gasteiger partial charge in [-0.3, -0.25) is 14.6 Å². The molecule has 2 saturated heterocycles. The van der Waals surface area contributed by atoms with Gasteiger partial charge in [0.15, 0.2) is 0 Å². The summed E-state index contributed by atoms with van der Waals surface area (Å²) in [6.07, 6.45) is 6.15. The number of amides is 2. The van der Waals surface area contributed by atoms with E-state index in [9.17, 15) is 9.59 Å². The molecule has 0 unspecified atom stereocenters. The number of carbonyl (C=O) groups is 2. The first-order chi connectivity index (χ1) is 12.3. The Morgan fingerprint density at radius 1 is 1.27 bits per heavy atom. The molecule has 5 nitrogen and oxygen atoms in total. The van der Waals surface area contributed by atoms with Gasteiger partial charge in [-0.2, -0.15) is 0 Å². The van der Waals surface area contributed by atoms with Gasteiger partial charge in [0.05, 0.1) is 5.88 Å². The summed E-state index contributed by atoms with van der Waals surface area (Å²) in [6, 6.07) is 3.81. The van der Waals surface area contributed by atoms with Crippen LogP contribution in [0.5, 0.6) is 0 Å². The van der Waals surface area contributed by atoms with Crippen LogP contribution in [0.1, 0.15) is 39.2 Å². The zero-order valence-electron chi connectivity index (χ0n) is 16.0. The smallest absolute Gasteiger partial charge is 0.246 e. The minimum absolute atomic E-state index is 0.0543. The van der Waals surface area contributed by atoms with Crippen molar-refractivity contribution in [1.82, 2.24) is 14.8 Å². The van der Waals surface area contributed by atoms with Crippen LogP contribution in [-0.2, 0) is 16.0 Å². The molecule has 0 aromatic carbocycles. The predicted octanol–water partition coefficient (Wildman–Crippen LogP) is 2.81. The normalized spacial score (nSPS) is 23.5. The van der Waals surface area contributed by atoms with Crippen LogP contribution >= 0.6 is 11.8 Å². The fourth-order valence-corrected chi connectivity index (χ4v) is 4.88. The van der Waals surface area contributed by atoms with E-state index in [2.05, 4.69) is 25.8 Å². The first-order valence-electron chi connectivity index (χ1n) is 9.38. The molecule has 2 fully saturated rings. The average Bonchev–Trinajstić information content (AvgIpc) is 3.23. The van der Waals surface area contributed by atoms with Crippen molar-refractivity contribution in [3.8, 4) is 0 Å². The molecule has 2 atom stereocenters. The maximum absolute atomic E-state index is 13.0. The molecule has 0 spiro atoms. The summed E-state index contributed by atoms with van der Waals surface area (Å²) in [5.74, 6) is 2.09. The Labute approximate surface area is 160 Å². The third-order valence-electron chi connectivity index (χ3n) is 5.04. The largest absolute Gasteiger partial charge is 0.341 e. The highest BCUT2D eigenvalue weighted by Gasteiger charge is 2.39. The number of rotatable bonds is 4. The number of carbonyl (C=O) groups excluding carboxylic acids is 2. The van der Waals surface area contributed by atoms with Gasteiger partial charge in [-0.1, -0.05) is 20.8 Å². The molecule has 0 radical (unpaired) electrons. The highest BCUT2D eigenvalue weighted by molar-refractivity contribution is 7.99. The van der Waals surface area contributed by atoms with Crippen LogP contribution in [0.2, 0.25) is 0 Å². The first kappa shape index (κ1) is 19.2. The molecule has 3 heterocycles. The van der Waals surface area contributed by atoms with Crippen LogP contribution in [0.4, 0.5) is 0 Å². The minimum atomic E-state index is -0.283. The quantitative estimate of drug-likeness (QED) is 0.812. The maximum Gasteiger partial charge on any atom is 0.246 e. The van der Waals surface area contributed by atoms with Crippen molar-refractivity contribution in [3.05, 3.63) is 30.1 Å². The monoisotopic (exact) mass is 375 g/mol. The standard InChI is InChI=1S/C20H29N3O2S/c1-20(2,3)11-18(24)23-14-26-13-17(23)19(25)22-9-6-16(12-22)10-15-4-7-21-8-5-15/h4-5,7-8,16-17H,6,9-14H2,1-3H3/t16-,17-/m0/s1. The van der Waals surface area contributed by atoms with Gasteiger partial charge in [0, 0.05) is 37.7 Å². The number of thioether (sulfide) groups is 1. The Morgan fingerprint density at radius 3 is 2.69 bits per heavy atom. The van der Waals surface area contributed by atoms with Crippen LogP contribution in [0.3, 0.4) is 0 Å². The molecule has 6 heteroatoms. The van der Waals surface area contributed by atoms with Crippen LogP contribution in [0.15, 0.2) is 24.5 Å². The molecule has 0 N–H and O–H groups in total. The summed E-state index contributed by atoms with van der Waals surface area (Å²) in [7, 11) is 0. The van der Waals surface area contributed by atoms with Crippen molar-refractivity contribution in [2.45, 2.75) is 46.1 Å². The number of hydrogen-bond acceptors (Lipinski definition) is 4. The fourth-order valence-electron chi connectivity index (χ4n) is 3.71. The van der Waals surface area contributed by atoms with Crippen LogP contribution < -0.4 is 0 Å². The van der Waals surface area contributed by atoms with E-state index in [1.807, 2.05) is 29.4 Å². The molecule has 1 aromatic rings. The van der Waals surface area contributed by atoms with Crippen molar-refractivity contribution in [2.24, 2.45) is 11.3 Å². The van der Waals surface area contributed by atoms with Crippen molar-refractivity contribution < 1.29 is 9.59 Å². The Balaban J connectivity index is 1.57.